The number of aromatic nitrogens is 1. The smallest absolute Gasteiger partial charge is 0.256 e. The number of amides is 1. The number of benzene rings is 2. The molecule has 0 fully saturated rings. The van der Waals surface area contributed by atoms with Crippen molar-refractivity contribution in [1.29, 1.82) is 0 Å². The third-order valence-electron chi connectivity index (χ3n) is 4.24. The Morgan fingerprint density at radius 1 is 0.964 bits per heavy atom. The van der Waals surface area contributed by atoms with Gasteiger partial charge in [0.05, 0.1) is 11.9 Å². The second kappa shape index (κ2) is 8.22. The van der Waals surface area contributed by atoms with Gasteiger partial charge in [-0.25, -0.2) is 8.42 Å². The Labute approximate surface area is 164 Å². The van der Waals surface area contributed by atoms with E-state index >= 15 is 0 Å². The summed E-state index contributed by atoms with van der Waals surface area (Å²) in [6.07, 6.45) is 5.39. The third kappa shape index (κ3) is 5.17. The molecule has 2 N–H and O–H groups in total. The molecule has 3 rings (SSSR count). The van der Waals surface area contributed by atoms with Gasteiger partial charge in [-0.05, 0) is 66.4 Å². The molecule has 1 heterocycles. The summed E-state index contributed by atoms with van der Waals surface area (Å²) >= 11 is 0. The number of carbonyl (C=O) groups is 1. The van der Waals surface area contributed by atoms with Gasteiger partial charge in [0.1, 0.15) is 0 Å². The predicted octanol–water partition coefficient (Wildman–Crippen LogP) is 3.60. The Hall–Kier alpha value is -3.19. The first-order valence-corrected chi connectivity index (χ1v) is 10.6. The number of pyridine rings is 1. The summed E-state index contributed by atoms with van der Waals surface area (Å²) in [4.78, 5) is 16.6. The Balaban J connectivity index is 1.72. The van der Waals surface area contributed by atoms with Gasteiger partial charge in [-0.1, -0.05) is 18.2 Å². The molecule has 144 valence electrons. The van der Waals surface area contributed by atoms with E-state index in [0.29, 0.717) is 22.5 Å². The highest BCUT2D eigenvalue weighted by atomic mass is 32.2. The summed E-state index contributed by atoms with van der Waals surface area (Å²) in [5, 5.41) is 2.85. The lowest BCUT2D eigenvalue weighted by Gasteiger charge is -2.12. The minimum Gasteiger partial charge on any atom is -0.322 e. The Bertz CT molecular complexity index is 1080. The first-order chi connectivity index (χ1) is 13.3. The maximum absolute atomic E-state index is 12.6. The number of hydrogen-bond acceptors (Lipinski definition) is 4. The van der Waals surface area contributed by atoms with Crippen LogP contribution in [0.4, 0.5) is 11.4 Å². The Morgan fingerprint density at radius 2 is 1.61 bits per heavy atom. The molecule has 0 saturated carbocycles. The standard InChI is InChI=1S/C21H21N3O3S/c1-15-19(4-3-5-20(15)24-28(2,26)27)21(25)23-18-8-6-16(7-9-18)14-17-10-12-22-13-11-17/h3-13,24H,14H2,1-2H3,(H,23,25). The minimum absolute atomic E-state index is 0.295. The Kier molecular flexibility index (Phi) is 5.75. The molecule has 7 heteroatoms. The molecule has 2 aromatic carbocycles. The molecule has 0 aliphatic carbocycles. The fraction of sp³-hybridized carbons (Fsp3) is 0.143. The molecule has 0 saturated heterocycles. The van der Waals surface area contributed by atoms with Gasteiger partial charge in [-0.3, -0.25) is 14.5 Å². The zero-order valence-corrected chi connectivity index (χ0v) is 16.5. The van der Waals surface area contributed by atoms with Gasteiger partial charge in [-0.2, -0.15) is 0 Å². The van der Waals surface area contributed by atoms with Gasteiger partial charge in [0.2, 0.25) is 10.0 Å². The first-order valence-electron chi connectivity index (χ1n) is 8.68. The summed E-state index contributed by atoms with van der Waals surface area (Å²) in [5.41, 5.74) is 4.33. The second-order valence-electron chi connectivity index (χ2n) is 6.54. The lowest BCUT2D eigenvalue weighted by atomic mass is 10.0. The van der Waals surface area contributed by atoms with Crippen LogP contribution in [0.3, 0.4) is 0 Å². The molecule has 0 radical (unpaired) electrons. The molecule has 1 amide bonds. The topological polar surface area (TPSA) is 88.2 Å². The first kappa shape index (κ1) is 19.6. The highest BCUT2D eigenvalue weighted by Crippen LogP contribution is 2.21. The molecular weight excluding hydrogens is 374 g/mol. The average Bonchev–Trinajstić information content (AvgIpc) is 2.65. The van der Waals surface area contributed by atoms with Crippen LogP contribution in [0.5, 0.6) is 0 Å². The van der Waals surface area contributed by atoms with Crippen LogP contribution >= 0.6 is 0 Å². The van der Waals surface area contributed by atoms with E-state index in [1.165, 1.54) is 0 Å². The summed E-state index contributed by atoms with van der Waals surface area (Å²) in [6, 6.07) is 16.5. The van der Waals surface area contributed by atoms with Crippen molar-refractivity contribution in [2.24, 2.45) is 0 Å². The van der Waals surface area contributed by atoms with E-state index in [4.69, 9.17) is 0 Å². The van der Waals surface area contributed by atoms with Gasteiger partial charge in [0.25, 0.3) is 5.91 Å². The molecule has 0 spiro atoms. The predicted molar refractivity (Wildman–Crippen MR) is 111 cm³/mol. The molecule has 3 aromatic rings. The van der Waals surface area contributed by atoms with Crippen LogP contribution in [-0.4, -0.2) is 25.6 Å². The maximum Gasteiger partial charge on any atom is 0.256 e. The average molecular weight is 395 g/mol. The zero-order chi connectivity index (χ0) is 20.1. The fourth-order valence-corrected chi connectivity index (χ4v) is 3.45. The lowest BCUT2D eigenvalue weighted by molar-refractivity contribution is 0.102. The number of sulfonamides is 1. The van der Waals surface area contributed by atoms with Crippen LogP contribution in [0.1, 0.15) is 27.0 Å². The minimum atomic E-state index is -3.42. The zero-order valence-electron chi connectivity index (χ0n) is 15.6. The molecular formula is C21H21N3O3S. The largest absolute Gasteiger partial charge is 0.322 e. The maximum atomic E-state index is 12.6. The molecule has 0 bridgehead atoms. The van der Waals surface area contributed by atoms with E-state index < -0.39 is 10.0 Å². The molecule has 6 nitrogen and oxygen atoms in total. The van der Waals surface area contributed by atoms with Gasteiger partial charge in [0, 0.05) is 23.6 Å². The van der Waals surface area contributed by atoms with Crippen LogP contribution in [0.15, 0.2) is 67.0 Å². The van der Waals surface area contributed by atoms with Crippen LogP contribution < -0.4 is 10.0 Å². The van der Waals surface area contributed by atoms with Gasteiger partial charge >= 0.3 is 0 Å². The monoisotopic (exact) mass is 395 g/mol. The van der Waals surface area contributed by atoms with E-state index in [9.17, 15) is 13.2 Å². The third-order valence-corrected chi connectivity index (χ3v) is 4.83. The number of nitrogens with one attached hydrogen (secondary N) is 2. The van der Waals surface area contributed by atoms with Crippen LogP contribution in [0, 0.1) is 6.92 Å². The van der Waals surface area contributed by atoms with Crippen LogP contribution in [0.2, 0.25) is 0 Å². The van der Waals surface area contributed by atoms with Crippen molar-refractivity contribution < 1.29 is 13.2 Å². The number of hydrogen-bond donors (Lipinski definition) is 2. The van der Waals surface area contributed by atoms with E-state index in [1.807, 2.05) is 36.4 Å². The molecule has 0 unspecified atom stereocenters. The Morgan fingerprint density at radius 3 is 2.25 bits per heavy atom. The number of nitrogens with zero attached hydrogens (tertiary/aromatic N) is 1. The lowest BCUT2D eigenvalue weighted by Crippen LogP contribution is -2.16. The van der Waals surface area contributed by atoms with Crippen molar-refractivity contribution in [2.45, 2.75) is 13.3 Å². The highest BCUT2D eigenvalue weighted by Gasteiger charge is 2.14. The number of rotatable bonds is 6. The normalized spacial score (nSPS) is 11.1. The van der Waals surface area contributed by atoms with Crippen molar-refractivity contribution >= 4 is 27.3 Å². The van der Waals surface area contributed by atoms with Crippen molar-refractivity contribution in [3.05, 3.63) is 89.2 Å². The fourth-order valence-electron chi connectivity index (χ4n) is 2.83. The molecule has 0 aliphatic heterocycles. The van der Waals surface area contributed by atoms with Crippen molar-refractivity contribution in [3.63, 3.8) is 0 Å². The summed E-state index contributed by atoms with van der Waals surface area (Å²) in [7, 11) is -3.42. The quantitative estimate of drug-likeness (QED) is 0.667. The van der Waals surface area contributed by atoms with Gasteiger partial charge < -0.3 is 5.32 Å². The molecule has 0 aliphatic rings. The van der Waals surface area contributed by atoms with E-state index in [-0.39, 0.29) is 5.91 Å². The summed E-state index contributed by atoms with van der Waals surface area (Å²) in [5.74, 6) is -0.295. The number of carbonyl (C=O) groups excluding carboxylic acids is 1. The molecule has 1 aromatic heterocycles. The van der Waals surface area contributed by atoms with E-state index in [2.05, 4.69) is 15.0 Å². The second-order valence-corrected chi connectivity index (χ2v) is 8.28. The van der Waals surface area contributed by atoms with Crippen LogP contribution in [-0.2, 0) is 16.4 Å². The van der Waals surface area contributed by atoms with Crippen molar-refractivity contribution in [1.82, 2.24) is 4.98 Å². The van der Waals surface area contributed by atoms with E-state index in [1.54, 1.807) is 37.5 Å². The summed E-state index contributed by atoms with van der Waals surface area (Å²) < 4.78 is 25.4. The highest BCUT2D eigenvalue weighted by molar-refractivity contribution is 7.92. The van der Waals surface area contributed by atoms with Crippen molar-refractivity contribution in [2.75, 3.05) is 16.3 Å². The molecule has 0 atom stereocenters. The van der Waals surface area contributed by atoms with E-state index in [0.717, 1.165) is 23.8 Å². The molecule has 28 heavy (non-hydrogen) atoms. The van der Waals surface area contributed by atoms with Gasteiger partial charge in [0.15, 0.2) is 0 Å². The van der Waals surface area contributed by atoms with Crippen molar-refractivity contribution in [3.8, 4) is 0 Å². The number of anilines is 2. The van der Waals surface area contributed by atoms with Gasteiger partial charge in [-0.15, -0.1) is 0 Å². The van der Waals surface area contributed by atoms with Crippen LogP contribution in [0.25, 0.3) is 0 Å². The summed E-state index contributed by atoms with van der Waals surface area (Å²) in [6.45, 7) is 1.71. The SMILES string of the molecule is Cc1c(NS(C)(=O)=O)cccc1C(=O)Nc1ccc(Cc2ccncc2)cc1.